The van der Waals surface area contributed by atoms with Crippen LogP contribution in [-0.2, 0) is 0 Å². The number of rotatable bonds is 4. The second-order valence-electron chi connectivity index (χ2n) is 12.0. The molecule has 2 aliphatic carbocycles. The van der Waals surface area contributed by atoms with E-state index in [0.717, 1.165) is 22.3 Å². The van der Waals surface area contributed by atoms with Crippen LogP contribution in [0.4, 0.5) is 0 Å². The molecule has 0 radical (unpaired) electrons. The number of fused-ring (bicyclic) bond motifs is 7. The van der Waals surface area contributed by atoms with E-state index in [1.807, 2.05) is 0 Å². The molecule has 210 valence electrons. The van der Waals surface area contributed by atoms with Crippen LogP contribution >= 0.6 is 0 Å². The minimum absolute atomic E-state index is 0.730. The molecule has 0 atom stereocenters. The first-order chi connectivity index (χ1) is 21.6. The zero-order valence-corrected chi connectivity index (χ0v) is 25.2. The third kappa shape index (κ3) is 3.15. The minimum atomic E-state index is 0.730. The number of methoxy groups -OCH3 is 2. The van der Waals surface area contributed by atoms with Gasteiger partial charge in [0.2, 0.25) is 0 Å². The molecule has 0 unspecified atom stereocenters. The van der Waals surface area contributed by atoms with Crippen molar-refractivity contribution in [2.75, 3.05) is 14.2 Å². The van der Waals surface area contributed by atoms with Gasteiger partial charge in [-0.1, -0.05) is 97.1 Å². The number of hydrogen-bond acceptors (Lipinski definition) is 2. The summed E-state index contributed by atoms with van der Waals surface area (Å²) in [5.41, 5.74) is 18.1. The van der Waals surface area contributed by atoms with Crippen LogP contribution in [0.25, 0.3) is 88.3 Å². The lowest BCUT2D eigenvalue weighted by atomic mass is 9.82. The molecule has 9 rings (SSSR count). The van der Waals surface area contributed by atoms with Gasteiger partial charge in [-0.05, 0) is 125 Å². The van der Waals surface area contributed by atoms with Gasteiger partial charge in [0, 0.05) is 0 Å². The van der Waals surface area contributed by atoms with Gasteiger partial charge in [-0.3, -0.25) is 0 Å². The Bertz CT molecular complexity index is 2190. The molecule has 2 aliphatic rings. The topological polar surface area (TPSA) is 18.5 Å². The Hall–Kier alpha value is -5.34. The highest BCUT2D eigenvalue weighted by Crippen LogP contribution is 2.62. The fourth-order valence-corrected chi connectivity index (χ4v) is 7.99. The van der Waals surface area contributed by atoms with Gasteiger partial charge in [-0.15, -0.1) is 0 Å². The quantitative estimate of drug-likeness (QED) is 0.211. The molecular weight excluding hydrogens is 536 g/mol. The average molecular weight is 567 g/mol. The molecule has 0 saturated carbocycles. The molecule has 0 amide bonds. The summed E-state index contributed by atoms with van der Waals surface area (Å²) in [6.07, 6.45) is 0. The van der Waals surface area contributed by atoms with Crippen molar-refractivity contribution < 1.29 is 9.47 Å². The van der Waals surface area contributed by atoms with Crippen molar-refractivity contribution in [3.8, 4) is 78.3 Å². The standard InChI is InChI=1S/C42H30O2/c1-23-15-16-24(2)36-28-18-20-30-40-29(19-17-27(35(23)36)39(28)40)41-37(25-11-7-5-8-12-25)31-21-33(43-3)34(44-4)22-32(31)38(42(30)41)26-13-9-6-10-14-26/h5-22H,1-4H3. The SMILES string of the molecule is COc1cc2c(-c3ccccc3)c3c(c(-c4ccccc4)c2cc1OC)-c1ccc2c4c(ccc-3c14)-c1c(C)ccc(C)c1-2. The molecule has 0 fully saturated rings. The minimum Gasteiger partial charge on any atom is -0.493 e. The van der Waals surface area contributed by atoms with Crippen molar-refractivity contribution in [3.63, 3.8) is 0 Å². The molecule has 2 heteroatoms. The maximum atomic E-state index is 5.89. The van der Waals surface area contributed by atoms with Crippen molar-refractivity contribution in [2.24, 2.45) is 0 Å². The summed E-state index contributed by atoms with van der Waals surface area (Å²) < 4.78 is 11.8. The largest absolute Gasteiger partial charge is 0.493 e. The van der Waals surface area contributed by atoms with Gasteiger partial charge in [0.15, 0.2) is 11.5 Å². The molecular formula is C42H30O2. The number of aryl methyl sites for hydroxylation is 2. The molecule has 0 aromatic heterocycles. The first kappa shape index (κ1) is 25.2. The van der Waals surface area contributed by atoms with E-state index >= 15 is 0 Å². The average Bonchev–Trinajstić information content (AvgIpc) is 3.59. The summed E-state index contributed by atoms with van der Waals surface area (Å²) in [5.74, 6) is 1.46. The number of ether oxygens (including phenoxy) is 2. The Kier molecular flexibility index (Phi) is 5.20. The van der Waals surface area contributed by atoms with Crippen LogP contribution in [-0.4, -0.2) is 14.2 Å². The number of hydrogen-bond donors (Lipinski definition) is 0. The van der Waals surface area contributed by atoms with E-state index in [-0.39, 0.29) is 0 Å². The van der Waals surface area contributed by atoms with Gasteiger partial charge in [-0.2, -0.15) is 0 Å². The van der Waals surface area contributed by atoms with Gasteiger partial charge in [0.25, 0.3) is 0 Å². The first-order valence-electron chi connectivity index (χ1n) is 15.2. The molecule has 0 N–H and O–H groups in total. The molecule has 0 spiro atoms. The van der Waals surface area contributed by atoms with E-state index in [1.165, 1.54) is 88.7 Å². The lowest BCUT2D eigenvalue weighted by Gasteiger charge is -2.22. The first-order valence-corrected chi connectivity index (χ1v) is 15.2. The van der Waals surface area contributed by atoms with Crippen LogP contribution in [0, 0.1) is 13.8 Å². The van der Waals surface area contributed by atoms with E-state index in [0.29, 0.717) is 0 Å². The van der Waals surface area contributed by atoms with E-state index in [1.54, 1.807) is 14.2 Å². The maximum absolute atomic E-state index is 5.89. The highest BCUT2D eigenvalue weighted by Gasteiger charge is 2.35. The molecule has 44 heavy (non-hydrogen) atoms. The summed E-state index contributed by atoms with van der Waals surface area (Å²) in [5, 5.41) is 5.04. The van der Waals surface area contributed by atoms with Crippen LogP contribution < -0.4 is 9.47 Å². The van der Waals surface area contributed by atoms with Crippen molar-refractivity contribution in [3.05, 3.63) is 120 Å². The molecule has 0 saturated heterocycles. The van der Waals surface area contributed by atoms with Gasteiger partial charge >= 0.3 is 0 Å². The summed E-state index contributed by atoms with van der Waals surface area (Å²) in [6, 6.07) is 40.0. The predicted molar refractivity (Wildman–Crippen MR) is 184 cm³/mol. The molecule has 7 aromatic carbocycles. The van der Waals surface area contributed by atoms with Crippen molar-refractivity contribution in [1.29, 1.82) is 0 Å². The van der Waals surface area contributed by atoms with E-state index in [9.17, 15) is 0 Å². The normalized spacial score (nSPS) is 12.1. The van der Waals surface area contributed by atoms with Crippen LogP contribution in [0.5, 0.6) is 11.5 Å². The summed E-state index contributed by atoms with van der Waals surface area (Å²) in [6.45, 7) is 4.49. The summed E-state index contributed by atoms with van der Waals surface area (Å²) >= 11 is 0. The third-order valence-electron chi connectivity index (χ3n) is 9.80. The fraction of sp³-hybridized carbons (Fsp3) is 0.0952. The summed E-state index contributed by atoms with van der Waals surface area (Å²) in [7, 11) is 3.43. The fourth-order valence-electron chi connectivity index (χ4n) is 7.99. The zero-order valence-electron chi connectivity index (χ0n) is 25.2. The van der Waals surface area contributed by atoms with Crippen molar-refractivity contribution >= 4 is 21.5 Å². The van der Waals surface area contributed by atoms with E-state index in [4.69, 9.17) is 9.47 Å². The van der Waals surface area contributed by atoms with Crippen LogP contribution in [0.3, 0.4) is 0 Å². The maximum Gasteiger partial charge on any atom is 0.161 e. The van der Waals surface area contributed by atoms with E-state index < -0.39 is 0 Å². The smallest absolute Gasteiger partial charge is 0.161 e. The Labute approximate surface area is 257 Å². The monoisotopic (exact) mass is 566 g/mol. The third-order valence-corrected chi connectivity index (χ3v) is 9.80. The molecule has 0 heterocycles. The van der Waals surface area contributed by atoms with Gasteiger partial charge < -0.3 is 9.47 Å². The molecule has 7 aromatic rings. The second-order valence-corrected chi connectivity index (χ2v) is 12.0. The molecule has 2 nitrogen and oxygen atoms in total. The summed E-state index contributed by atoms with van der Waals surface area (Å²) in [4.78, 5) is 0. The molecule has 0 aliphatic heterocycles. The second kappa shape index (κ2) is 9.08. The zero-order chi connectivity index (χ0) is 29.7. The Morgan fingerprint density at radius 3 is 1.11 bits per heavy atom. The van der Waals surface area contributed by atoms with Crippen molar-refractivity contribution in [1.82, 2.24) is 0 Å². The van der Waals surface area contributed by atoms with Crippen LogP contribution in [0.15, 0.2) is 109 Å². The lowest BCUT2D eigenvalue weighted by molar-refractivity contribution is 0.356. The van der Waals surface area contributed by atoms with E-state index in [2.05, 4.69) is 123 Å². The highest BCUT2D eigenvalue weighted by atomic mass is 16.5. The van der Waals surface area contributed by atoms with Crippen molar-refractivity contribution in [2.45, 2.75) is 13.8 Å². The Morgan fingerprint density at radius 1 is 0.386 bits per heavy atom. The van der Waals surface area contributed by atoms with Crippen LogP contribution in [0.2, 0.25) is 0 Å². The highest BCUT2D eigenvalue weighted by molar-refractivity contribution is 6.32. The molecule has 0 bridgehead atoms. The Balaban J connectivity index is 1.52. The van der Waals surface area contributed by atoms with Gasteiger partial charge in [0.1, 0.15) is 0 Å². The van der Waals surface area contributed by atoms with Crippen LogP contribution in [0.1, 0.15) is 11.1 Å². The predicted octanol–water partition coefficient (Wildman–Crippen LogP) is 11.3. The Morgan fingerprint density at radius 2 is 0.750 bits per heavy atom. The lowest BCUT2D eigenvalue weighted by Crippen LogP contribution is -1.96. The number of benzene rings is 7. The van der Waals surface area contributed by atoms with Gasteiger partial charge in [-0.25, -0.2) is 0 Å². The van der Waals surface area contributed by atoms with Gasteiger partial charge in [0.05, 0.1) is 14.2 Å².